The average molecular weight is 548 g/mol. The highest BCUT2D eigenvalue weighted by atomic mass is 35.5. The van der Waals surface area contributed by atoms with Crippen molar-refractivity contribution in [2.75, 3.05) is 6.54 Å². The quantitative estimate of drug-likeness (QED) is 0.507. The van der Waals surface area contributed by atoms with Gasteiger partial charge in [-0.15, -0.1) is 0 Å². The van der Waals surface area contributed by atoms with Gasteiger partial charge in [-0.2, -0.15) is 18.4 Å². The zero-order valence-electron chi connectivity index (χ0n) is 19.3. The van der Waals surface area contributed by atoms with E-state index in [-0.39, 0.29) is 42.2 Å². The molecule has 0 radical (unpaired) electrons. The van der Waals surface area contributed by atoms with Crippen LogP contribution in [0.15, 0.2) is 18.2 Å². The van der Waals surface area contributed by atoms with E-state index in [4.69, 9.17) is 20.5 Å². The Morgan fingerprint density at radius 1 is 1.36 bits per heavy atom. The molecule has 1 aromatic carbocycles. The normalized spacial score (nSPS) is 24.5. The van der Waals surface area contributed by atoms with E-state index >= 15 is 0 Å². The predicted octanol–water partition coefficient (Wildman–Crippen LogP) is 3.40. The lowest BCUT2D eigenvalue weighted by Crippen LogP contribution is -2.49. The van der Waals surface area contributed by atoms with Crippen molar-refractivity contribution in [1.29, 1.82) is 5.26 Å². The summed E-state index contributed by atoms with van der Waals surface area (Å²) in [6.07, 6.45) is -3.82. The van der Waals surface area contributed by atoms with Crippen LogP contribution in [-0.2, 0) is 31.5 Å². The van der Waals surface area contributed by atoms with Gasteiger partial charge >= 0.3 is 6.18 Å². The number of carbonyl (C=O) groups excluding carboxylic acids is 2. The second-order valence-electron chi connectivity index (χ2n) is 9.40. The molecule has 8 nitrogen and oxygen atoms in total. The molecule has 13 heteroatoms. The second-order valence-corrected chi connectivity index (χ2v) is 11.2. The van der Waals surface area contributed by atoms with Gasteiger partial charge in [0, 0.05) is 17.5 Å². The van der Waals surface area contributed by atoms with Crippen LogP contribution >= 0.6 is 11.6 Å². The van der Waals surface area contributed by atoms with Crippen LogP contribution in [0.1, 0.15) is 44.6 Å². The maximum Gasteiger partial charge on any atom is 0.425 e. The highest BCUT2D eigenvalue weighted by Crippen LogP contribution is 2.37. The van der Waals surface area contributed by atoms with Crippen molar-refractivity contribution in [2.45, 2.75) is 74.7 Å². The molecular formula is C23H25ClF3N3O5S. The Balaban J connectivity index is 1.37. The van der Waals surface area contributed by atoms with Crippen LogP contribution in [0.25, 0.3) is 0 Å². The largest absolute Gasteiger partial charge is 0.481 e. The number of rotatable bonds is 9. The highest BCUT2D eigenvalue weighted by Gasteiger charge is 2.50. The lowest BCUT2D eigenvalue weighted by molar-refractivity contribution is -0.189. The molecule has 1 aliphatic heterocycles. The fourth-order valence-corrected chi connectivity index (χ4v) is 5.19. The summed E-state index contributed by atoms with van der Waals surface area (Å²) in [7, 11) is 0. The fourth-order valence-electron chi connectivity index (χ4n) is 3.91. The van der Waals surface area contributed by atoms with Crippen LogP contribution in [0.5, 0.6) is 5.75 Å². The van der Waals surface area contributed by atoms with Gasteiger partial charge in [0.25, 0.3) is 0 Å². The third kappa shape index (κ3) is 6.12. The monoisotopic (exact) mass is 547 g/mol. The molecule has 0 bridgehead atoms. The van der Waals surface area contributed by atoms with Gasteiger partial charge in [-0.05, 0) is 56.7 Å². The molecule has 1 N–H and O–H groups in total. The van der Waals surface area contributed by atoms with E-state index in [1.54, 1.807) is 0 Å². The summed E-state index contributed by atoms with van der Waals surface area (Å²) < 4.78 is 61.3. The molecule has 2 amide bonds. The van der Waals surface area contributed by atoms with E-state index in [1.165, 1.54) is 23.1 Å². The van der Waals surface area contributed by atoms with E-state index in [1.807, 2.05) is 0 Å². The Morgan fingerprint density at radius 2 is 2.06 bits per heavy atom. The van der Waals surface area contributed by atoms with Crippen molar-refractivity contribution in [3.8, 4) is 11.8 Å². The molecular weight excluding hydrogens is 523 g/mol. The van der Waals surface area contributed by atoms with E-state index < -0.39 is 46.1 Å². The second kappa shape index (κ2) is 10.2. The molecule has 36 heavy (non-hydrogen) atoms. The number of ether oxygens (including phenoxy) is 1. The van der Waals surface area contributed by atoms with Crippen LogP contribution in [0.4, 0.5) is 13.2 Å². The number of amides is 2. The van der Waals surface area contributed by atoms with Gasteiger partial charge in [0.2, 0.25) is 11.8 Å². The van der Waals surface area contributed by atoms with Crippen molar-refractivity contribution in [3.05, 3.63) is 28.8 Å². The van der Waals surface area contributed by atoms with Crippen LogP contribution in [-0.4, -0.2) is 56.6 Å². The molecule has 2 saturated carbocycles. The number of carbonyl (C=O) groups is 2. The van der Waals surface area contributed by atoms with Gasteiger partial charge in [-0.1, -0.05) is 17.7 Å². The van der Waals surface area contributed by atoms with Crippen molar-refractivity contribution in [2.24, 2.45) is 5.92 Å². The van der Waals surface area contributed by atoms with Gasteiger partial charge in [-0.3, -0.25) is 13.8 Å². The number of nitrogens with zero attached hydrogens (tertiary/aromatic N) is 2. The number of benzene rings is 1. The Hall–Kier alpha value is -2.36. The lowest BCUT2D eigenvalue weighted by atomic mass is 10.1. The zero-order valence-corrected chi connectivity index (χ0v) is 20.9. The summed E-state index contributed by atoms with van der Waals surface area (Å²) in [6.45, 7) is 0.767. The molecule has 1 unspecified atom stereocenters. The molecule has 1 aromatic rings. The van der Waals surface area contributed by atoms with Gasteiger partial charge in [-0.25, -0.2) is 4.21 Å². The number of nitriles is 1. The minimum atomic E-state index is -4.52. The summed E-state index contributed by atoms with van der Waals surface area (Å²) in [5.41, 5.74) is -0.496. The van der Waals surface area contributed by atoms with Gasteiger partial charge in [0.1, 0.15) is 17.3 Å². The minimum absolute atomic E-state index is 0.0700. The molecule has 196 valence electrons. The maximum absolute atomic E-state index is 12.9. The number of halogens is 4. The van der Waals surface area contributed by atoms with Gasteiger partial charge < -0.3 is 15.0 Å². The maximum atomic E-state index is 12.9. The third-order valence-electron chi connectivity index (χ3n) is 6.50. The summed E-state index contributed by atoms with van der Waals surface area (Å²) in [5, 5.41) is 11.5. The highest BCUT2D eigenvalue weighted by molar-refractivity contribution is 7.80. The molecule has 0 spiro atoms. The number of hydrogen-bond donors (Lipinski definition) is 1. The average Bonchev–Trinajstić information content (AvgIpc) is 3.75. The molecule has 1 saturated heterocycles. The van der Waals surface area contributed by atoms with E-state index in [0.717, 1.165) is 19.8 Å². The molecule has 4 rings (SSSR count). The predicted molar refractivity (Wildman–Crippen MR) is 123 cm³/mol. The van der Waals surface area contributed by atoms with Gasteiger partial charge in [0.15, 0.2) is 17.2 Å². The standard InChI is InChI=1S/C23H25ClF3N3O5S/c1-13(23(25,26)27)35-16-5-4-15(18(24)8-16)11-34-36(33)17-9-19(20(31)29-22(12-28)6-7-22)30(10-17)21(32)14-2-3-14/h4-5,8,13-14,17,19H,2-3,6-7,9-11H2,1H3,(H,29,31)/t13-,17+,19-,36?/m0/s1. The van der Waals surface area contributed by atoms with E-state index in [9.17, 15) is 32.2 Å². The Kier molecular flexibility index (Phi) is 7.55. The van der Waals surface area contributed by atoms with E-state index in [0.29, 0.717) is 18.4 Å². The molecule has 3 aliphatic rings. The smallest absolute Gasteiger partial charge is 0.425 e. The Labute approximate surface area is 213 Å². The summed E-state index contributed by atoms with van der Waals surface area (Å²) in [6, 6.07) is 5.20. The van der Waals surface area contributed by atoms with E-state index in [2.05, 4.69) is 11.4 Å². The summed E-state index contributed by atoms with van der Waals surface area (Å²) in [5.74, 6) is -0.810. The first-order valence-electron chi connectivity index (χ1n) is 11.5. The summed E-state index contributed by atoms with van der Waals surface area (Å²) in [4.78, 5) is 27.1. The minimum Gasteiger partial charge on any atom is -0.481 e. The number of likely N-dealkylation sites (tertiary alicyclic amines) is 1. The van der Waals surface area contributed by atoms with Crippen LogP contribution in [0.3, 0.4) is 0 Å². The SMILES string of the molecule is C[C@H](Oc1ccc(COS(=O)[C@@H]2C[C@@H](C(=O)NC3(C#N)CC3)N(C(=O)C3CC3)C2)c(Cl)c1)C(F)(F)F. The molecule has 4 atom stereocenters. The first-order chi connectivity index (χ1) is 16.9. The van der Waals surface area contributed by atoms with Crippen molar-refractivity contribution < 1.29 is 35.9 Å². The zero-order chi connectivity index (χ0) is 26.3. The van der Waals surface area contributed by atoms with Crippen LogP contribution < -0.4 is 10.1 Å². The molecule has 2 aliphatic carbocycles. The molecule has 0 aromatic heterocycles. The van der Waals surface area contributed by atoms with Crippen molar-refractivity contribution in [3.63, 3.8) is 0 Å². The lowest BCUT2D eigenvalue weighted by Gasteiger charge is -2.24. The van der Waals surface area contributed by atoms with Crippen LogP contribution in [0, 0.1) is 17.2 Å². The topological polar surface area (TPSA) is 109 Å². The van der Waals surface area contributed by atoms with Gasteiger partial charge in [0.05, 0.1) is 17.9 Å². The molecule has 3 fully saturated rings. The number of alkyl halides is 3. The number of hydrogen-bond acceptors (Lipinski definition) is 6. The first kappa shape index (κ1) is 26.7. The fraction of sp³-hybridized carbons (Fsp3) is 0.609. The molecule has 1 heterocycles. The third-order valence-corrected chi connectivity index (χ3v) is 8.09. The first-order valence-corrected chi connectivity index (χ1v) is 13.0. The van der Waals surface area contributed by atoms with Crippen molar-refractivity contribution >= 4 is 34.5 Å². The summed E-state index contributed by atoms with van der Waals surface area (Å²) >= 11 is 4.27. The van der Waals surface area contributed by atoms with Crippen LogP contribution in [0.2, 0.25) is 5.02 Å². The Bertz CT molecular complexity index is 1100. The number of nitrogens with one attached hydrogen (secondary N) is 1. The Morgan fingerprint density at radius 3 is 2.61 bits per heavy atom. The van der Waals surface area contributed by atoms with Crippen molar-refractivity contribution in [1.82, 2.24) is 10.2 Å².